The maximum Gasteiger partial charge on any atom is 0.336 e. The van der Waals surface area contributed by atoms with Crippen LogP contribution in [0.15, 0.2) is 0 Å². The molecular formula is C9H19NO5S. The smallest absolute Gasteiger partial charge is 0.336 e. The van der Waals surface area contributed by atoms with E-state index in [1.807, 2.05) is 0 Å². The lowest BCUT2D eigenvalue weighted by molar-refractivity contribution is -0.155. The first-order valence-electron chi connectivity index (χ1n) is 4.79. The van der Waals surface area contributed by atoms with Crippen LogP contribution in [0.3, 0.4) is 0 Å². The van der Waals surface area contributed by atoms with Gasteiger partial charge >= 0.3 is 5.97 Å². The van der Waals surface area contributed by atoms with Crippen molar-refractivity contribution in [3.63, 3.8) is 0 Å². The molecule has 0 radical (unpaired) electrons. The number of carboxylic acids is 1. The van der Waals surface area contributed by atoms with Crippen molar-refractivity contribution in [3.8, 4) is 0 Å². The quantitative estimate of drug-likeness (QED) is 0.629. The lowest BCUT2D eigenvalue weighted by atomic mass is 10.0. The molecule has 0 rings (SSSR count). The van der Waals surface area contributed by atoms with E-state index in [1.54, 1.807) is 20.8 Å². The zero-order chi connectivity index (χ0) is 13.2. The van der Waals surface area contributed by atoms with Crippen molar-refractivity contribution in [2.24, 2.45) is 5.41 Å². The second-order valence-corrected chi connectivity index (χ2v) is 7.03. The summed E-state index contributed by atoms with van der Waals surface area (Å²) in [5.74, 6) is -1.60. The Kier molecular flexibility index (Phi) is 4.49. The van der Waals surface area contributed by atoms with Crippen LogP contribution in [0.4, 0.5) is 0 Å². The van der Waals surface area contributed by atoms with E-state index >= 15 is 0 Å². The van der Waals surface area contributed by atoms with Crippen molar-refractivity contribution in [3.05, 3.63) is 0 Å². The molecule has 1 atom stereocenters. The van der Waals surface area contributed by atoms with Crippen molar-refractivity contribution in [2.75, 3.05) is 12.3 Å². The standard InChI is InChI=1S/C9H19NO5S/c1-8(2,3)6-16(14,15)10-5-9(4,13)7(11)12/h10,13H,5-6H2,1-4H3,(H,11,12). The lowest BCUT2D eigenvalue weighted by Gasteiger charge is -2.22. The Morgan fingerprint density at radius 2 is 1.69 bits per heavy atom. The SMILES string of the molecule is CC(C)(C)CS(=O)(=O)NCC(C)(O)C(=O)O. The minimum atomic E-state index is -3.58. The van der Waals surface area contributed by atoms with Gasteiger partial charge in [0.1, 0.15) is 0 Å². The lowest BCUT2D eigenvalue weighted by Crippen LogP contribution is -2.47. The van der Waals surface area contributed by atoms with Crippen LogP contribution in [0.25, 0.3) is 0 Å². The Balaban J connectivity index is 4.48. The second-order valence-electron chi connectivity index (χ2n) is 5.22. The van der Waals surface area contributed by atoms with Gasteiger partial charge in [-0.05, 0) is 12.3 Å². The van der Waals surface area contributed by atoms with Gasteiger partial charge < -0.3 is 10.2 Å². The summed E-state index contributed by atoms with van der Waals surface area (Å²) < 4.78 is 25.1. The molecule has 0 aliphatic carbocycles. The summed E-state index contributed by atoms with van der Waals surface area (Å²) in [4.78, 5) is 10.5. The molecule has 1 unspecified atom stereocenters. The van der Waals surface area contributed by atoms with Crippen LogP contribution in [-0.2, 0) is 14.8 Å². The van der Waals surface area contributed by atoms with Gasteiger partial charge in [0.2, 0.25) is 10.0 Å². The molecule has 0 aromatic rings. The van der Waals surface area contributed by atoms with E-state index in [9.17, 15) is 18.3 Å². The van der Waals surface area contributed by atoms with Crippen LogP contribution in [0.1, 0.15) is 27.7 Å². The number of aliphatic hydroxyl groups is 1. The molecule has 96 valence electrons. The van der Waals surface area contributed by atoms with E-state index < -0.39 is 33.6 Å². The Morgan fingerprint density at radius 1 is 1.25 bits per heavy atom. The normalized spacial score (nSPS) is 16.8. The molecule has 0 aliphatic heterocycles. The van der Waals surface area contributed by atoms with Gasteiger partial charge in [-0.1, -0.05) is 20.8 Å². The predicted octanol–water partition coefficient (Wildman–Crippen LogP) is -0.212. The topological polar surface area (TPSA) is 104 Å². The fraction of sp³-hybridized carbons (Fsp3) is 0.889. The summed E-state index contributed by atoms with van der Waals surface area (Å²) in [6, 6.07) is 0. The molecule has 0 aromatic carbocycles. The summed E-state index contributed by atoms with van der Waals surface area (Å²) in [6.07, 6.45) is 0. The van der Waals surface area contributed by atoms with Crippen LogP contribution in [0, 0.1) is 5.41 Å². The largest absolute Gasteiger partial charge is 0.479 e. The number of sulfonamides is 1. The van der Waals surface area contributed by atoms with Crippen LogP contribution in [0.5, 0.6) is 0 Å². The zero-order valence-electron chi connectivity index (χ0n) is 9.94. The van der Waals surface area contributed by atoms with Crippen LogP contribution in [-0.4, -0.2) is 42.5 Å². The maximum absolute atomic E-state index is 11.5. The highest BCUT2D eigenvalue weighted by Crippen LogP contribution is 2.15. The summed E-state index contributed by atoms with van der Waals surface area (Å²) in [5.41, 5.74) is -2.52. The average molecular weight is 253 g/mol. The van der Waals surface area contributed by atoms with E-state index in [0.717, 1.165) is 6.92 Å². The third kappa shape index (κ3) is 6.04. The van der Waals surface area contributed by atoms with E-state index in [1.165, 1.54) is 0 Å². The summed E-state index contributed by atoms with van der Waals surface area (Å²) in [7, 11) is -3.58. The molecule has 16 heavy (non-hydrogen) atoms. The van der Waals surface area contributed by atoms with Gasteiger partial charge in [0.15, 0.2) is 5.60 Å². The van der Waals surface area contributed by atoms with Gasteiger partial charge in [-0.15, -0.1) is 0 Å². The first-order chi connectivity index (χ1) is 6.86. The Bertz CT molecular complexity index is 353. The van der Waals surface area contributed by atoms with E-state index in [4.69, 9.17) is 5.11 Å². The predicted molar refractivity (Wildman–Crippen MR) is 59.5 cm³/mol. The van der Waals surface area contributed by atoms with Crippen molar-refractivity contribution in [2.45, 2.75) is 33.3 Å². The summed E-state index contributed by atoms with van der Waals surface area (Å²) in [6.45, 7) is 5.75. The van der Waals surface area contributed by atoms with Crippen molar-refractivity contribution >= 4 is 16.0 Å². The number of aliphatic carboxylic acids is 1. The molecule has 7 heteroatoms. The van der Waals surface area contributed by atoms with E-state index in [0.29, 0.717) is 0 Å². The Labute approximate surface area is 95.7 Å². The van der Waals surface area contributed by atoms with Crippen LogP contribution >= 0.6 is 0 Å². The number of hydrogen-bond acceptors (Lipinski definition) is 4. The highest BCUT2D eigenvalue weighted by atomic mass is 32.2. The number of nitrogens with one attached hydrogen (secondary N) is 1. The Morgan fingerprint density at radius 3 is 2.00 bits per heavy atom. The number of hydrogen-bond donors (Lipinski definition) is 3. The van der Waals surface area contributed by atoms with Crippen molar-refractivity contribution in [1.82, 2.24) is 4.72 Å². The maximum atomic E-state index is 11.5. The van der Waals surface area contributed by atoms with Gasteiger partial charge in [0, 0.05) is 6.54 Å². The average Bonchev–Trinajstić information content (AvgIpc) is 1.96. The van der Waals surface area contributed by atoms with E-state index in [-0.39, 0.29) is 5.75 Å². The molecule has 0 spiro atoms. The third-order valence-corrected chi connectivity index (χ3v) is 3.55. The molecule has 0 saturated carbocycles. The van der Waals surface area contributed by atoms with Crippen LogP contribution in [0.2, 0.25) is 0 Å². The number of carbonyl (C=O) groups is 1. The minimum Gasteiger partial charge on any atom is -0.479 e. The molecule has 0 heterocycles. The zero-order valence-corrected chi connectivity index (χ0v) is 10.8. The molecule has 0 saturated heterocycles. The van der Waals surface area contributed by atoms with E-state index in [2.05, 4.69) is 4.72 Å². The van der Waals surface area contributed by atoms with Crippen molar-refractivity contribution in [1.29, 1.82) is 0 Å². The van der Waals surface area contributed by atoms with Gasteiger partial charge in [-0.3, -0.25) is 0 Å². The highest BCUT2D eigenvalue weighted by molar-refractivity contribution is 7.89. The monoisotopic (exact) mass is 253 g/mol. The van der Waals surface area contributed by atoms with Gasteiger partial charge in [-0.25, -0.2) is 17.9 Å². The molecule has 0 aliphatic rings. The van der Waals surface area contributed by atoms with Crippen molar-refractivity contribution < 1.29 is 23.4 Å². The third-order valence-electron chi connectivity index (χ3n) is 1.72. The summed E-state index contributed by atoms with van der Waals surface area (Å²) >= 11 is 0. The first-order valence-corrected chi connectivity index (χ1v) is 6.44. The molecule has 0 amide bonds. The van der Waals surface area contributed by atoms with Gasteiger partial charge in [0.05, 0.1) is 5.75 Å². The fourth-order valence-corrected chi connectivity index (χ4v) is 2.69. The number of rotatable bonds is 5. The highest BCUT2D eigenvalue weighted by Gasteiger charge is 2.32. The molecular weight excluding hydrogens is 234 g/mol. The summed E-state index contributed by atoms with van der Waals surface area (Å²) in [5, 5.41) is 17.9. The number of carboxylic acid groups (broad SMARTS) is 1. The molecule has 0 bridgehead atoms. The second kappa shape index (κ2) is 4.68. The van der Waals surface area contributed by atoms with Gasteiger partial charge in [-0.2, -0.15) is 0 Å². The molecule has 0 aromatic heterocycles. The fourth-order valence-electron chi connectivity index (χ4n) is 0.947. The molecule has 3 N–H and O–H groups in total. The molecule has 0 fully saturated rings. The van der Waals surface area contributed by atoms with Crippen LogP contribution < -0.4 is 4.72 Å². The minimum absolute atomic E-state index is 0.129. The van der Waals surface area contributed by atoms with Gasteiger partial charge in [0.25, 0.3) is 0 Å². The molecule has 6 nitrogen and oxygen atoms in total. The Hall–Kier alpha value is -0.660. The first kappa shape index (κ1) is 15.3.